The lowest BCUT2D eigenvalue weighted by molar-refractivity contribution is 0.140. The lowest BCUT2D eigenvalue weighted by atomic mass is 9.94. The Morgan fingerprint density at radius 1 is 1.30 bits per heavy atom. The number of rotatable bonds is 5. The summed E-state index contributed by atoms with van der Waals surface area (Å²) < 4.78 is 2.13. The molecule has 1 aromatic heterocycles. The predicted molar refractivity (Wildman–Crippen MR) is 84.0 cm³/mol. The molecule has 20 heavy (non-hydrogen) atoms. The van der Waals surface area contributed by atoms with Crippen LogP contribution in [0.3, 0.4) is 0 Å². The Bertz CT molecular complexity index is 430. The number of likely N-dealkylation sites (tertiary alicyclic amines) is 1. The number of aromatic nitrogens is 2. The fourth-order valence-electron chi connectivity index (χ4n) is 3.64. The molecule has 1 aromatic rings. The molecular weight excluding hydrogens is 248 g/mol. The van der Waals surface area contributed by atoms with E-state index in [1.165, 1.54) is 42.9 Å². The van der Waals surface area contributed by atoms with E-state index in [9.17, 15) is 0 Å². The van der Waals surface area contributed by atoms with Crippen molar-refractivity contribution in [2.75, 3.05) is 26.7 Å². The molecule has 1 fully saturated rings. The number of hydrogen-bond donors (Lipinski definition) is 1. The average Bonchev–Trinajstić information content (AvgIpc) is 2.74. The highest BCUT2D eigenvalue weighted by atomic mass is 15.3. The standard InChI is InChI=1S/C16H30N4/c1-6-20-14(4)16(12(2)18-20)13(3)19-9-7-15(8-10-19)11-17-5/h13,15,17H,6-11H2,1-5H3. The summed E-state index contributed by atoms with van der Waals surface area (Å²) in [4.78, 5) is 2.63. The minimum absolute atomic E-state index is 0.492. The van der Waals surface area contributed by atoms with Gasteiger partial charge in [0.2, 0.25) is 0 Å². The second-order valence-corrected chi connectivity index (χ2v) is 6.11. The largest absolute Gasteiger partial charge is 0.319 e. The molecule has 114 valence electrons. The zero-order valence-corrected chi connectivity index (χ0v) is 13.7. The van der Waals surface area contributed by atoms with E-state index in [1.54, 1.807) is 0 Å². The summed E-state index contributed by atoms with van der Waals surface area (Å²) in [6, 6.07) is 0.492. The van der Waals surface area contributed by atoms with Crippen LogP contribution >= 0.6 is 0 Å². The topological polar surface area (TPSA) is 33.1 Å². The molecule has 0 aliphatic carbocycles. The van der Waals surface area contributed by atoms with Gasteiger partial charge in [-0.25, -0.2) is 0 Å². The first-order valence-electron chi connectivity index (χ1n) is 8.01. The van der Waals surface area contributed by atoms with Crippen molar-refractivity contribution < 1.29 is 0 Å². The lowest BCUT2D eigenvalue weighted by Crippen LogP contribution is -2.38. The molecule has 0 amide bonds. The van der Waals surface area contributed by atoms with Crippen LogP contribution in [0, 0.1) is 19.8 Å². The highest BCUT2D eigenvalue weighted by molar-refractivity contribution is 5.28. The SMILES string of the molecule is CCn1nc(C)c(C(C)N2CCC(CNC)CC2)c1C. The van der Waals surface area contributed by atoms with Crippen LogP contribution < -0.4 is 5.32 Å². The first-order chi connectivity index (χ1) is 9.58. The number of nitrogens with zero attached hydrogens (tertiary/aromatic N) is 3. The van der Waals surface area contributed by atoms with Crippen molar-refractivity contribution >= 4 is 0 Å². The maximum absolute atomic E-state index is 4.67. The summed E-state index contributed by atoms with van der Waals surface area (Å²) in [5.41, 5.74) is 3.99. The van der Waals surface area contributed by atoms with Gasteiger partial charge in [-0.15, -0.1) is 0 Å². The van der Waals surface area contributed by atoms with Gasteiger partial charge in [0.15, 0.2) is 0 Å². The Labute approximate surface area is 123 Å². The minimum atomic E-state index is 0.492. The Morgan fingerprint density at radius 2 is 1.95 bits per heavy atom. The van der Waals surface area contributed by atoms with Gasteiger partial charge in [-0.2, -0.15) is 5.10 Å². The van der Waals surface area contributed by atoms with Gasteiger partial charge in [-0.3, -0.25) is 9.58 Å². The summed E-state index contributed by atoms with van der Waals surface area (Å²) in [5, 5.41) is 7.98. The van der Waals surface area contributed by atoms with Crippen LogP contribution in [0.1, 0.15) is 49.7 Å². The van der Waals surface area contributed by atoms with E-state index < -0.39 is 0 Å². The molecule has 0 aromatic carbocycles. The molecule has 1 aliphatic rings. The summed E-state index contributed by atoms with van der Waals surface area (Å²) in [6.45, 7) is 13.4. The van der Waals surface area contributed by atoms with Crippen molar-refractivity contribution in [1.29, 1.82) is 0 Å². The molecule has 0 saturated carbocycles. The highest BCUT2D eigenvalue weighted by Crippen LogP contribution is 2.30. The predicted octanol–water partition coefficient (Wildman–Crippen LogP) is 2.51. The second-order valence-electron chi connectivity index (χ2n) is 6.11. The molecule has 0 spiro atoms. The van der Waals surface area contributed by atoms with Crippen LogP contribution in [-0.4, -0.2) is 41.4 Å². The number of piperidine rings is 1. The first kappa shape index (κ1) is 15.5. The van der Waals surface area contributed by atoms with Gasteiger partial charge in [0.1, 0.15) is 0 Å². The van der Waals surface area contributed by atoms with E-state index in [0.717, 1.165) is 19.0 Å². The van der Waals surface area contributed by atoms with Crippen LogP contribution in [0.5, 0.6) is 0 Å². The quantitative estimate of drug-likeness (QED) is 0.898. The molecule has 1 aliphatic heterocycles. The molecule has 0 bridgehead atoms. The zero-order valence-electron chi connectivity index (χ0n) is 13.7. The van der Waals surface area contributed by atoms with Crippen molar-refractivity contribution in [2.24, 2.45) is 5.92 Å². The minimum Gasteiger partial charge on any atom is -0.319 e. The first-order valence-corrected chi connectivity index (χ1v) is 8.01. The van der Waals surface area contributed by atoms with Crippen LogP contribution in [0.15, 0.2) is 0 Å². The molecular formula is C16H30N4. The summed E-state index contributed by atoms with van der Waals surface area (Å²) in [6.07, 6.45) is 2.62. The summed E-state index contributed by atoms with van der Waals surface area (Å²) in [5.74, 6) is 0.851. The van der Waals surface area contributed by atoms with Gasteiger partial charge in [-0.05, 0) is 73.1 Å². The molecule has 0 radical (unpaired) electrons. The smallest absolute Gasteiger partial charge is 0.0644 e. The number of aryl methyl sites for hydroxylation is 2. The summed E-state index contributed by atoms with van der Waals surface area (Å²) >= 11 is 0. The van der Waals surface area contributed by atoms with Crippen molar-refractivity contribution in [3.05, 3.63) is 17.0 Å². The van der Waals surface area contributed by atoms with Gasteiger partial charge in [0.05, 0.1) is 5.69 Å². The van der Waals surface area contributed by atoms with Crippen LogP contribution in [0.25, 0.3) is 0 Å². The fraction of sp³-hybridized carbons (Fsp3) is 0.812. The second kappa shape index (κ2) is 6.72. The molecule has 4 heteroatoms. The van der Waals surface area contributed by atoms with E-state index in [-0.39, 0.29) is 0 Å². The van der Waals surface area contributed by atoms with E-state index in [2.05, 4.69) is 54.7 Å². The molecule has 4 nitrogen and oxygen atoms in total. The molecule has 1 saturated heterocycles. The molecule has 2 rings (SSSR count). The van der Waals surface area contributed by atoms with Crippen LogP contribution in [0.4, 0.5) is 0 Å². The Morgan fingerprint density at radius 3 is 2.45 bits per heavy atom. The van der Waals surface area contributed by atoms with Crippen molar-refractivity contribution in [1.82, 2.24) is 20.0 Å². The highest BCUT2D eigenvalue weighted by Gasteiger charge is 2.26. The average molecular weight is 278 g/mol. The maximum atomic E-state index is 4.67. The van der Waals surface area contributed by atoms with Crippen LogP contribution in [0.2, 0.25) is 0 Å². The van der Waals surface area contributed by atoms with Gasteiger partial charge < -0.3 is 5.32 Å². The Kier molecular flexibility index (Phi) is 5.22. The molecule has 1 N–H and O–H groups in total. The molecule has 2 heterocycles. The third-order valence-corrected chi connectivity index (χ3v) is 4.84. The number of hydrogen-bond acceptors (Lipinski definition) is 3. The van der Waals surface area contributed by atoms with Crippen molar-refractivity contribution in [3.8, 4) is 0 Å². The van der Waals surface area contributed by atoms with Gasteiger partial charge in [0.25, 0.3) is 0 Å². The third kappa shape index (κ3) is 3.07. The van der Waals surface area contributed by atoms with E-state index >= 15 is 0 Å². The van der Waals surface area contributed by atoms with E-state index in [4.69, 9.17) is 0 Å². The van der Waals surface area contributed by atoms with Crippen molar-refractivity contribution in [3.63, 3.8) is 0 Å². The van der Waals surface area contributed by atoms with Crippen LogP contribution in [-0.2, 0) is 6.54 Å². The van der Waals surface area contributed by atoms with Gasteiger partial charge in [0, 0.05) is 23.8 Å². The Balaban J connectivity index is 2.05. The van der Waals surface area contributed by atoms with Crippen molar-refractivity contribution in [2.45, 2.75) is 53.1 Å². The van der Waals surface area contributed by atoms with Gasteiger partial charge >= 0.3 is 0 Å². The molecule has 1 unspecified atom stereocenters. The monoisotopic (exact) mass is 278 g/mol. The summed E-state index contributed by atoms with van der Waals surface area (Å²) in [7, 11) is 2.06. The van der Waals surface area contributed by atoms with E-state index in [1.807, 2.05) is 0 Å². The Hall–Kier alpha value is -0.870. The third-order valence-electron chi connectivity index (χ3n) is 4.84. The zero-order chi connectivity index (χ0) is 14.7. The number of nitrogens with one attached hydrogen (secondary N) is 1. The van der Waals surface area contributed by atoms with E-state index in [0.29, 0.717) is 6.04 Å². The maximum Gasteiger partial charge on any atom is 0.0644 e. The normalized spacial score (nSPS) is 19.4. The lowest BCUT2D eigenvalue weighted by Gasteiger charge is -2.36. The molecule has 1 atom stereocenters. The fourth-order valence-corrected chi connectivity index (χ4v) is 3.64. The van der Waals surface area contributed by atoms with Gasteiger partial charge in [-0.1, -0.05) is 0 Å².